The van der Waals surface area contributed by atoms with Gasteiger partial charge in [-0.25, -0.2) is 8.42 Å². The van der Waals surface area contributed by atoms with Crippen LogP contribution in [0.3, 0.4) is 0 Å². The summed E-state index contributed by atoms with van der Waals surface area (Å²) in [6.07, 6.45) is 1.65. The SMILES string of the molecule is CO[C@H](C)CS(=O)(=O)Nc1ccc(SC)cc1. The van der Waals surface area contributed by atoms with Crippen molar-refractivity contribution in [1.82, 2.24) is 0 Å². The average molecular weight is 275 g/mol. The summed E-state index contributed by atoms with van der Waals surface area (Å²) in [6, 6.07) is 7.26. The third-order valence-corrected chi connectivity index (χ3v) is 4.42. The Bertz CT molecular complexity index is 442. The minimum atomic E-state index is -3.35. The van der Waals surface area contributed by atoms with Gasteiger partial charge in [0.1, 0.15) is 0 Å². The molecule has 1 aromatic rings. The summed E-state index contributed by atoms with van der Waals surface area (Å²) in [4.78, 5) is 1.10. The Balaban J connectivity index is 2.69. The number of hydrogen-bond acceptors (Lipinski definition) is 4. The molecule has 1 rings (SSSR count). The Morgan fingerprint density at radius 3 is 2.41 bits per heavy atom. The maximum atomic E-state index is 11.7. The van der Waals surface area contributed by atoms with Gasteiger partial charge in [-0.15, -0.1) is 11.8 Å². The van der Waals surface area contributed by atoms with E-state index >= 15 is 0 Å². The Hall–Kier alpha value is -0.720. The first-order chi connectivity index (χ1) is 7.96. The lowest BCUT2D eigenvalue weighted by Crippen LogP contribution is -2.25. The topological polar surface area (TPSA) is 55.4 Å². The molecule has 0 saturated carbocycles. The minimum Gasteiger partial charge on any atom is -0.381 e. The van der Waals surface area contributed by atoms with Gasteiger partial charge < -0.3 is 4.74 Å². The van der Waals surface area contributed by atoms with Crippen molar-refractivity contribution in [2.45, 2.75) is 17.9 Å². The second-order valence-electron chi connectivity index (χ2n) is 3.66. The highest BCUT2D eigenvalue weighted by atomic mass is 32.2. The van der Waals surface area contributed by atoms with E-state index in [9.17, 15) is 8.42 Å². The van der Waals surface area contributed by atoms with Gasteiger partial charge in [-0.1, -0.05) is 0 Å². The zero-order valence-corrected chi connectivity index (χ0v) is 11.8. The molecule has 6 heteroatoms. The molecule has 17 heavy (non-hydrogen) atoms. The molecule has 0 bridgehead atoms. The molecule has 0 amide bonds. The van der Waals surface area contributed by atoms with Crippen LogP contribution in [-0.4, -0.2) is 33.6 Å². The molecule has 0 spiro atoms. The van der Waals surface area contributed by atoms with Crippen LogP contribution in [0.4, 0.5) is 5.69 Å². The third-order valence-electron chi connectivity index (χ3n) is 2.22. The molecular weight excluding hydrogens is 258 g/mol. The molecule has 1 N–H and O–H groups in total. The largest absolute Gasteiger partial charge is 0.381 e. The Morgan fingerprint density at radius 2 is 1.94 bits per heavy atom. The second-order valence-corrected chi connectivity index (χ2v) is 6.30. The first kappa shape index (κ1) is 14.3. The quantitative estimate of drug-likeness (QED) is 0.809. The monoisotopic (exact) mass is 275 g/mol. The van der Waals surface area contributed by atoms with Gasteiger partial charge in [-0.3, -0.25) is 4.72 Å². The number of hydrogen-bond donors (Lipinski definition) is 1. The number of methoxy groups -OCH3 is 1. The van der Waals surface area contributed by atoms with E-state index < -0.39 is 10.0 Å². The summed E-state index contributed by atoms with van der Waals surface area (Å²) in [5.41, 5.74) is 0.575. The van der Waals surface area contributed by atoms with Crippen molar-refractivity contribution in [3.8, 4) is 0 Å². The van der Waals surface area contributed by atoms with Crippen LogP contribution in [-0.2, 0) is 14.8 Å². The van der Waals surface area contributed by atoms with Crippen LogP contribution in [0.15, 0.2) is 29.2 Å². The molecule has 0 radical (unpaired) electrons. The van der Waals surface area contributed by atoms with Gasteiger partial charge in [-0.05, 0) is 37.4 Å². The fourth-order valence-corrected chi connectivity index (χ4v) is 3.00. The molecule has 0 heterocycles. The third kappa shape index (κ3) is 4.97. The summed E-state index contributed by atoms with van der Waals surface area (Å²) in [5, 5.41) is 0. The molecule has 0 aliphatic heterocycles. The van der Waals surface area contributed by atoms with E-state index in [1.807, 2.05) is 18.4 Å². The molecule has 0 saturated heterocycles. The van der Waals surface area contributed by atoms with Gasteiger partial charge in [0.2, 0.25) is 10.0 Å². The summed E-state index contributed by atoms with van der Waals surface area (Å²) < 4.78 is 30.9. The maximum Gasteiger partial charge on any atom is 0.235 e. The summed E-state index contributed by atoms with van der Waals surface area (Å²) >= 11 is 1.61. The molecular formula is C11H17NO3S2. The van der Waals surface area contributed by atoms with Crippen LogP contribution >= 0.6 is 11.8 Å². The smallest absolute Gasteiger partial charge is 0.235 e. The van der Waals surface area contributed by atoms with Crippen LogP contribution < -0.4 is 4.72 Å². The highest BCUT2D eigenvalue weighted by Gasteiger charge is 2.15. The molecule has 0 unspecified atom stereocenters. The summed E-state index contributed by atoms with van der Waals surface area (Å²) in [7, 11) is -1.85. The van der Waals surface area contributed by atoms with Crippen LogP contribution in [0.2, 0.25) is 0 Å². The van der Waals surface area contributed by atoms with Crippen LogP contribution in [0.1, 0.15) is 6.92 Å². The molecule has 0 fully saturated rings. The van der Waals surface area contributed by atoms with E-state index in [2.05, 4.69) is 4.72 Å². The molecule has 4 nitrogen and oxygen atoms in total. The van der Waals surface area contributed by atoms with E-state index in [4.69, 9.17) is 4.74 Å². The zero-order chi connectivity index (χ0) is 12.9. The van der Waals surface area contributed by atoms with Crippen molar-refractivity contribution < 1.29 is 13.2 Å². The minimum absolute atomic E-state index is 0.0478. The predicted octanol–water partition coefficient (Wildman–Crippen LogP) is 2.19. The Labute approximate surface area is 107 Å². The lowest BCUT2D eigenvalue weighted by molar-refractivity contribution is 0.136. The summed E-state index contributed by atoms with van der Waals surface area (Å²) in [5.74, 6) is -0.0478. The number of benzene rings is 1. The van der Waals surface area contributed by atoms with Crippen LogP contribution in [0.5, 0.6) is 0 Å². The average Bonchev–Trinajstić information content (AvgIpc) is 2.28. The second kappa shape index (κ2) is 6.28. The summed E-state index contributed by atoms with van der Waals surface area (Å²) in [6.45, 7) is 1.72. The number of rotatable bonds is 6. The van der Waals surface area contributed by atoms with Crippen molar-refractivity contribution in [3.63, 3.8) is 0 Å². The number of thioether (sulfide) groups is 1. The lowest BCUT2D eigenvalue weighted by atomic mass is 10.3. The zero-order valence-electron chi connectivity index (χ0n) is 10.1. The van der Waals surface area contributed by atoms with Gasteiger partial charge in [0.25, 0.3) is 0 Å². The normalized spacial score (nSPS) is 13.4. The van der Waals surface area contributed by atoms with Crippen molar-refractivity contribution >= 4 is 27.5 Å². The predicted molar refractivity (Wildman–Crippen MR) is 72.1 cm³/mol. The van der Waals surface area contributed by atoms with E-state index in [0.717, 1.165) is 4.90 Å². The van der Waals surface area contributed by atoms with E-state index in [0.29, 0.717) is 5.69 Å². The molecule has 0 aromatic heterocycles. The van der Waals surface area contributed by atoms with Crippen molar-refractivity contribution in [2.75, 3.05) is 23.8 Å². The lowest BCUT2D eigenvalue weighted by Gasteiger charge is -2.12. The van der Waals surface area contributed by atoms with E-state index in [1.54, 1.807) is 30.8 Å². The number of sulfonamides is 1. The van der Waals surface area contributed by atoms with Crippen LogP contribution in [0.25, 0.3) is 0 Å². The highest BCUT2D eigenvalue weighted by molar-refractivity contribution is 7.98. The van der Waals surface area contributed by atoms with Gasteiger partial charge >= 0.3 is 0 Å². The van der Waals surface area contributed by atoms with Gasteiger partial charge in [-0.2, -0.15) is 0 Å². The number of ether oxygens (including phenoxy) is 1. The van der Waals surface area contributed by atoms with Gasteiger partial charge in [0.15, 0.2) is 0 Å². The molecule has 0 aliphatic carbocycles. The molecule has 0 aliphatic rings. The van der Waals surface area contributed by atoms with E-state index in [1.165, 1.54) is 7.11 Å². The standard InChI is InChI=1S/C11H17NO3S2/c1-9(15-2)8-17(13,14)12-10-4-6-11(16-3)7-5-10/h4-7,9,12H,8H2,1-3H3/t9-/m1/s1. The molecule has 96 valence electrons. The maximum absolute atomic E-state index is 11.7. The number of anilines is 1. The van der Waals surface area contributed by atoms with Crippen molar-refractivity contribution in [3.05, 3.63) is 24.3 Å². The van der Waals surface area contributed by atoms with E-state index in [-0.39, 0.29) is 11.9 Å². The fraction of sp³-hybridized carbons (Fsp3) is 0.455. The number of nitrogens with one attached hydrogen (secondary N) is 1. The molecule has 1 aromatic carbocycles. The Morgan fingerprint density at radius 1 is 1.35 bits per heavy atom. The highest BCUT2D eigenvalue weighted by Crippen LogP contribution is 2.18. The Kier molecular flexibility index (Phi) is 5.30. The van der Waals surface area contributed by atoms with Crippen molar-refractivity contribution in [2.24, 2.45) is 0 Å². The van der Waals surface area contributed by atoms with Crippen LogP contribution in [0, 0.1) is 0 Å². The first-order valence-electron chi connectivity index (χ1n) is 5.14. The van der Waals surface area contributed by atoms with Crippen molar-refractivity contribution in [1.29, 1.82) is 0 Å². The van der Waals surface area contributed by atoms with Gasteiger partial charge in [0, 0.05) is 17.7 Å². The first-order valence-corrected chi connectivity index (χ1v) is 8.02. The molecule has 1 atom stereocenters. The van der Waals surface area contributed by atoms with Gasteiger partial charge in [0.05, 0.1) is 11.9 Å². The fourth-order valence-electron chi connectivity index (χ4n) is 1.26.